The fourth-order valence-corrected chi connectivity index (χ4v) is 5.26. The number of nitriles is 1. The molecule has 0 unspecified atom stereocenters. The number of hydrogen-bond acceptors (Lipinski definition) is 5. The number of aliphatic hydroxyl groups excluding tert-OH is 1. The van der Waals surface area contributed by atoms with Crippen molar-refractivity contribution >= 4 is 16.5 Å². The molecule has 6 heteroatoms. The lowest BCUT2D eigenvalue weighted by Gasteiger charge is -2.51. The Morgan fingerprint density at radius 2 is 1.59 bits per heavy atom. The molecule has 1 aliphatic heterocycles. The molecule has 0 aliphatic carbocycles. The summed E-state index contributed by atoms with van der Waals surface area (Å²) in [5, 5.41) is 22.8. The van der Waals surface area contributed by atoms with Crippen molar-refractivity contribution in [2.75, 3.05) is 11.5 Å². The number of thiazole rings is 1. The predicted octanol–water partition coefficient (Wildman–Crippen LogP) is 5.47. The van der Waals surface area contributed by atoms with Crippen LogP contribution in [0, 0.1) is 17.1 Å². The highest BCUT2D eigenvalue weighted by atomic mass is 32.1. The lowest BCUT2D eigenvalue weighted by molar-refractivity contribution is 0.187. The smallest absolute Gasteiger partial charge is 0.187 e. The molecule has 1 aromatic heterocycles. The average molecular weight is 442 g/mol. The maximum Gasteiger partial charge on any atom is 0.187 e. The maximum atomic E-state index is 13.2. The zero-order chi connectivity index (χ0) is 22.1. The molecule has 1 saturated heterocycles. The number of nitrogens with zero attached hydrogens (tertiary/aromatic N) is 3. The van der Waals surface area contributed by atoms with E-state index in [1.165, 1.54) is 23.5 Å². The second kappa shape index (κ2) is 8.54. The number of anilines is 1. The summed E-state index contributed by atoms with van der Waals surface area (Å²) in [6.07, 6.45) is 0. The van der Waals surface area contributed by atoms with Crippen LogP contribution in [0.1, 0.15) is 11.5 Å². The van der Waals surface area contributed by atoms with Gasteiger partial charge in [-0.3, -0.25) is 0 Å². The van der Waals surface area contributed by atoms with E-state index in [4.69, 9.17) is 4.98 Å². The SMILES string of the molecule is N#C[C@H]1[C@@H](c2ccc(-c3ccc(F)cc3)cc2)[C@@H](CO)N1c1nc(-c2ccccc2)cs1. The van der Waals surface area contributed by atoms with E-state index in [9.17, 15) is 14.8 Å². The van der Waals surface area contributed by atoms with Crippen LogP contribution in [-0.4, -0.2) is 28.8 Å². The summed E-state index contributed by atoms with van der Waals surface area (Å²) in [5.74, 6) is -0.378. The Morgan fingerprint density at radius 1 is 0.938 bits per heavy atom. The minimum absolute atomic E-state index is 0.0667. The molecule has 0 amide bonds. The van der Waals surface area contributed by atoms with Gasteiger partial charge in [0.15, 0.2) is 5.13 Å². The monoisotopic (exact) mass is 441 g/mol. The Morgan fingerprint density at radius 3 is 2.22 bits per heavy atom. The summed E-state index contributed by atoms with van der Waals surface area (Å²) in [4.78, 5) is 6.67. The molecule has 5 rings (SSSR count). The molecule has 32 heavy (non-hydrogen) atoms. The van der Waals surface area contributed by atoms with Crippen molar-refractivity contribution in [2.24, 2.45) is 0 Å². The van der Waals surface area contributed by atoms with Crippen LogP contribution < -0.4 is 4.90 Å². The van der Waals surface area contributed by atoms with Gasteiger partial charge in [-0.2, -0.15) is 5.26 Å². The average Bonchev–Trinajstić information content (AvgIpc) is 3.30. The summed E-state index contributed by atoms with van der Waals surface area (Å²) in [7, 11) is 0. The van der Waals surface area contributed by atoms with Crippen LogP contribution in [0.2, 0.25) is 0 Å². The Bertz CT molecular complexity index is 1250. The summed E-state index contributed by atoms with van der Waals surface area (Å²) in [6, 6.07) is 26.0. The van der Waals surface area contributed by atoms with E-state index in [0.29, 0.717) is 0 Å². The summed E-state index contributed by atoms with van der Waals surface area (Å²) < 4.78 is 13.2. The normalized spacial score (nSPS) is 19.9. The summed E-state index contributed by atoms with van der Waals surface area (Å²) in [6.45, 7) is -0.0667. The molecule has 2 heterocycles. The van der Waals surface area contributed by atoms with E-state index >= 15 is 0 Å². The highest BCUT2D eigenvalue weighted by Crippen LogP contribution is 2.45. The van der Waals surface area contributed by atoms with Gasteiger partial charge in [0.05, 0.1) is 24.4 Å². The molecule has 1 aliphatic rings. The zero-order valence-corrected chi connectivity index (χ0v) is 17.9. The minimum Gasteiger partial charge on any atom is -0.394 e. The fraction of sp³-hybridized carbons (Fsp3) is 0.154. The van der Waals surface area contributed by atoms with Gasteiger partial charge in [-0.1, -0.05) is 66.7 Å². The van der Waals surface area contributed by atoms with E-state index in [-0.39, 0.29) is 24.4 Å². The van der Waals surface area contributed by atoms with Crippen molar-refractivity contribution in [3.8, 4) is 28.5 Å². The Balaban J connectivity index is 1.40. The summed E-state index contributed by atoms with van der Waals surface area (Å²) >= 11 is 1.49. The van der Waals surface area contributed by atoms with Gasteiger partial charge in [0.25, 0.3) is 0 Å². The lowest BCUT2D eigenvalue weighted by Crippen LogP contribution is -2.63. The van der Waals surface area contributed by atoms with Crippen LogP contribution >= 0.6 is 11.3 Å². The second-order valence-corrected chi connectivity index (χ2v) is 8.60. The van der Waals surface area contributed by atoms with Gasteiger partial charge in [-0.25, -0.2) is 9.37 Å². The van der Waals surface area contributed by atoms with Gasteiger partial charge < -0.3 is 10.0 Å². The number of hydrogen-bond donors (Lipinski definition) is 1. The van der Waals surface area contributed by atoms with E-state index in [1.54, 1.807) is 12.1 Å². The fourth-order valence-electron chi connectivity index (χ4n) is 4.34. The third-order valence-electron chi connectivity index (χ3n) is 5.99. The standard InChI is InChI=1S/C26H20FN3OS/c27-21-12-10-18(11-13-21)17-6-8-20(9-7-17)25-23(14-28)30(24(25)15-31)26-29-22(16-32-26)19-4-2-1-3-5-19/h1-13,16,23-25,31H,15H2/t23-,24+,25+/m0/s1. The molecule has 0 spiro atoms. The molecule has 158 valence electrons. The van der Waals surface area contributed by atoms with Crippen LogP contribution in [0.25, 0.3) is 22.4 Å². The van der Waals surface area contributed by atoms with Gasteiger partial charge in [0.1, 0.15) is 11.9 Å². The van der Waals surface area contributed by atoms with Crippen molar-refractivity contribution in [2.45, 2.75) is 18.0 Å². The maximum absolute atomic E-state index is 13.2. The van der Waals surface area contributed by atoms with Crippen LogP contribution in [0.15, 0.2) is 84.2 Å². The molecule has 3 aromatic carbocycles. The third kappa shape index (κ3) is 3.56. The van der Waals surface area contributed by atoms with Gasteiger partial charge in [0.2, 0.25) is 0 Å². The van der Waals surface area contributed by atoms with Crippen molar-refractivity contribution < 1.29 is 9.50 Å². The van der Waals surface area contributed by atoms with Gasteiger partial charge in [-0.05, 0) is 28.8 Å². The van der Waals surface area contributed by atoms with Crippen molar-refractivity contribution in [1.29, 1.82) is 5.26 Å². The first-order valence-corrected chi connectivity index (χ1v) is 11.2. The summed E-state index contributed by atoms with van der Waals surface area (Å²) in [5.41, 5.74) is 4.80. The van der Waals surface area contributed by atoms with Crippen molar-refractivity contribution in [3.63, 3.8) is 0 Å². The number of aromatic nitrogens is 1. The van der Waals surface area contributed by atoms with Crippen molar-refractivity contribution in [3.05, 3.63) is 95.6 Å². The van der Waals surface area contributed by atoms with Crippen LogP contribution in [0.5, 0.6) is 0 Å². The highest BCUT2D eigenvalue weighted by molar-refractivity contribution is 7.14. The first kappa shape index (κ1) is 20.4. The molecule has 4 aromatic rings. The Kier molecular flexibility index (Phi) is 5.44. The van der Waals surface area contributed by atoms with E-state index < -0.39 is 6.04 Å². The molecule has 0 bridgehead atoms. The van der Waals surface area contributed by atoms with Gasteiger partial charge in [-0.15, -0.1) is 11.3 Å². The molecular formula is C26H20FN3OS. The number of aliphatic hydroxyl groups is 1. The van der Waals surface area contributed by atoms with Gasteiger partial charge >= 0.3 is 0 Å². The zero-order valence-electron chi connectivity index (χ0n) is 17.1. The Labute approximate surface area is 189 Å². The van der Waals surface area contributed by atoms with E-state index in [0.717, 1.165) is 33.1 Å². The molecule has 3 atom stereocenters. The molecular weight excluding hydrogens is 421 g/mol. The first-order valence-electron chi connectivity index (χ1n) is 10.4. The first-order chi connectivity index (χ1) is 15.7. The number of benzene rings is 3. The third-order valence-corrected chi connectivity index (χ3v) is 6.84. The largest absolute Gasteiger partial charge is 0.394 e. The molecule has 1 fully saturated rings. The van der Waals surface area contributed by atoms with Crippen LogP contribution in [0.4, 0.5) is 9.52 Å². The second-order valence-electron chi connectivity index (χ2n) is 7.77. The topological polar surface area (TPSA) is 60.1 Å². The lowest BCUT2D eigenvalue weighted by atomic mass is 9.76. The number of rotatable bonds is 5. The van der Waals surface area contributed by atoms with Crippen LogP contribution in [0.3, 0.4) is 0 Å². The molecule has 4 nitrogen and oxygen atoms in total. The minimum atomic E-state index is -0.404. The Hall–Kier alpha value is -3.53. The molecule has 1 N–H and O–H groups in total. The van der Waals surface area contributed by atoms with E-state index in [2.05, 4.69) is 6.07 Å². The highest BCUT2D eigenvalue weighted by Gasteiger charge is 2.50. The van der Waals surface area contributed by atoms with Crippen molar-refractivity contribution in [1.82, 2.24) is 4.98 Å². The quantitative estimate of drug-likeness (QED) is 0.446. The predicted molar refractivity (Wildman–Crippen MR) is 125 cm³/mol. The molecule has 0 radical (unpaired) electrons. The van der Waals surface area contributed by atoms with Gasteiger partial charge in [0, 0.05) is 16.9 Å². The number of halogens is 1. The molecule has 0 saturated carbocycles. The van der Waals surface area contributed by atoms with E-state index in [1.807, 2.05) is 64.9 Å². The van der Waals surface area contributed by atoms with Crippen LogP contribution in [-0.2, 0) is 0 Å².